The summed E-state index contributed by atoms with van der Waals surface area (Å²) in [6.45, 7) is 4.62. The maximum atomic E-state index is 12.2. The molecule has 1 aliphatic heterocycles. The molecular formula is C13H20N4O3. The molecule has 0 bridgehead atoms. The highest BCUT2D eigenvalue weighted by Gasteiger charge is 2.39. The molecule has 2 heterocycles. The first-order valence-electron chi connectivity index (χ1n) is 6.81. The van der Waals surface area contributed by atoms with E-state index in [0.29, 0.717) is 13.1 Å². The fraction of sp³-hybridized carbons (Fsp3) is 0.615. The Morgan fingerprint density at radius 1 is 1.60 bits per heavy atom. The number of aromatic carboxylic acids is 1. The highest BCUT2D eigenvalue weighted by Crippen LogP contribution is 2.29. The monoisotopic (exact) mass is 280 g/mol. The molecule has 0 saturated carbocycles. The Hall–Kier alpha value is -1.89. The number of hydrogen-bond acceptors (Lipinski definition) is 4. The van der Waals surface area contributed by atoms with E-state index < -0.39 is 5.97 Å². The van der Waals surface area contributed by atoms with Gasteiger partial charge < -0.3 is 20.3 Å². The third-order valence-electron chi connectivity index (χ3n) is 3.91. The molecule has 1 atom stereocenters. The van der Waals surface area contributed by atoms with Crippen molar-refractivity contribution in [2.45, 2.75) is 26.3 Å². The molecule has 1 unspecified atom stereocenters. The Bertz CT molecular complexity index is 492. The molecule has 1 amide bonds. The lowest BCUT2D eigenvalue weighted by Crippen LogP contribution is -2.43. The van der Waals surface area contributed by atoms with Gasteiger partial charge in [-0.25, -0.2) is 9.78 Å². The van der Waals surface area contributed by atoms with Gasteiger partial charge in [-0.05, 0) is 19.4 Å². The second-order valence-electron chi connectivity index (χ2n) is 5.12. The Kier molecular flexibility index (Phi) is 4.39. The van der Waals surface area contributed by atoms with Gasteiger partial charge in [0.15, 0.2) is 5.69 Å². The molecule has 1 saturated heterocycles. The van der Waals surface area contributed by atoms with Crippen LogP contribution < -0.4 is 10.6 Å². The Morgan fingerprint density at radius 3 is 2.95 bits per heavy atom. The number of amides is 1. The van der Waals surface area contributed by atoms with Gasteiger partial charge in [-0.3, -0.25) is 4.79 Å². The van der Waals surface area contributed by atoms with Gasteiger partial charge in [0.05, 0.1) is 11.7 Å². The predicted octanol–water partition coefficient (Wildman–Crippen LogP) is 0.0872. The van der Waals surface area contributed by atoms with Gasteiger partial charge in [0.2, 0.25) is 5.91 Å². The van der Waals surface area contributed by atoms with Crippen LogP contribution in [0.3, 0.4) is 0 Å². The molecule has 2 rings (SSSR count). The van der Waals surface area contributed by atoms with E-state index in [9.17, 15) is 9.59 Å². The lowest BCUT2D eigenvalue weighted by molar-refractivity contribution is -0.130. The molecule has 1 aromatic rings. The quantitative estimate of drug-likeness (QED) is 0.686. The second kappa shape index (κ2) is 6.04. The third kappa shape index (κ3) is 2.98. The van der Waals surface area contributed by atoms with Gasteiger partial charge in [-0.2, -0.15) is 0 Å². The molecular weight excluding hydrogens is 260 g/mol. The van der Waals surface area contributed by atoms with Crippen LogP contribution in [0.2, 0.25) is 0 Å². The largest absolute Gasteiger partial charge is 0.476 e. The Balaban J connectivity index is 1.83. The number of nitrogens with zero attached hydrogens (tertiary/aromatic N) is 2. The maximum Gasteiger partial charge on any atom is 0.356 e. The van der Waals surface area contributed by atoms with Crippen molar-refractivity contribution in [1.29, 1.82) is 0 Å². The van der Waals surface area contributed by atoms with Crippen molar-refractivity contribution >= 4 is 11.9 Å². The van der Waals surface area contributed by atoms with Crippen molar-refractivity contribution in [2.75, 3.05) is 19.6 Å². The molecule has 7 nitrogen and oxygen atoms in total. The first kappa shape index (κ1) is 14.5. The van der Waals surface area contributed by atoms with Crippen LogP contribution in [-0.2, 0) is 11.3 Å². The molecule has 20 heavy (non-hydrogen) atoms. The molecule has 1 aromatic heterocycles. The van der Waals surface area contributed by atoms with Crippen LogP contribution in [0.5, 0.6) is 0 Å². The fourth-order valence-electron chi connectivity index (χ4n) is 2.48. The minimum absolute atomic E-state index is 0.0151. The summed E-state index contributed by atoms with van der Waals surface area (Å²) < 4.78 is 1.66. The molecule has 1 fully saturated rings. The molecule has 0 aromatic carbocycles. The number of imidazole rings is 1. The normalized spacial score (nSPS) is 21.9. The van der Waals surface area contributed by atoms with Gasteiger partial charge in [0.1, 0.15) is 0 Å². The average Bonchev–Trinajstić information content (AvgIpc) is 3.08. The van der Waals surface area contributed by atoms with Crippen LogP contribution in [0, 0.1) is 5.41 Å². The van der Waals surface area contributed by atoms with Crippen molar-refractivity contribution in [3.63, 3.8) is 0 Å². The molecule has 0 aliphatic carbocycles. The summed E-state index contributed by atoms with van der Waals surface area (Å²) in [6.07, 6.45) is 4.60. The zero-order valence-electron chi connectivity index (χ0n) is 11.6. The molecule has 110 valence electrons. The van der Waals surface area contributed by atoms with Crippen molar-refractivity contribution in [3.05, 3.63) is 18.2 Å². The molecule has 3 N–H and O–H groups in total. The number of nitrogens with one attached hydrogen (secondary N) is 2. The smallest absolute Gasteiger partial charge is 0.356 e. The molecule has 1 aliphatic rings. The van der Waals surface area contributed by atoms with Crippen LogP contribution in [-0.4, -0.2) is 46.2 Å². The SMILES string of the molecule is CCC1(C(=O)NCCn2cnc(C(=O)O)c2)CCNC1. The van der Waals surface area contributed by atoms with E-state index >= 15 is 0 Å². The van der Waals surface area contributed by atoms with Crippen LogP contribution >= 0.6 is 0 Å². The van der Waals surface area contributed by atoms with Gasteiger partial charge in [-0.1, -0.05) is 6.92 Å². The number of carboxylic acids is 1. The van der Waals surface area contributed by atoms with Crippen LogP contribution in [0.25, 0.3) is 0 Å². The van der Waals surface area contributed by atoms with Crippen LogP contribution in [0.4, 0.5) is 0 Å². The van der Waals surface area contributed by atoms with Gasteiger partial charge in [-0.15, -0.1) is 0 Å². The zero-order valence-corrected chi connectivity index (χ0v) is 11.6. The van der Waals surface area contributed by atoms with E-state index in [-0.39, 0.29) is 17.0 Å². The van der Waals surface area contributed by atoms with Gasteiger partial charge >= 0.3 is 5.97 Å². The van der Waals surface area contributed by atoms with E-state index in [2.05, 4.69) is 15.6 Å². The minimum atomic E-state index is -1.05. The summed E-state index contributed by atoms with van der Waals surface area (Å²) in [4.78, 5) is 26.7. The summed E-state index contributed by atoms with van der Waals surface area (Å²) in [5.74, 6) is -0.974. The summed E-state index contributed by atoms with van der Waals surface area (Å²) in [6, 6.07) is 0. The first-order chi connectivity index (χ1) is 9.57. The Labute approximate surface area is 117 Å². The topological polar surface area (TPSA) is 96.2 Å². The third-order valence-corrected chi connectivity index (χ3v) is 3.91. The minimum Gasteiger partial charge on any atom is -0.476 e. The number of carboxylic acid groups (broad SMARTS) is 1. The summed E-state index contributed by atoms with van der Waals surface area (Å²) >= 11 is 0. The number of rotatable bonds is 6. The molecule has 0 spiro atoms. The number of aromatic nitrogens is 2. The van der Waals surface area contributed by atoms with E-state index in [1.54, 1.807) is 4.57 Å². The maximum absolute atomic E-state index is 12.2. The molecule has 7 heteroatoms. The lowest BCUT2D eigenvalue weighted by atomic mass is 9.83. The molecule has 0 radical (unpaired) electrons. The number of carbonyl (C=O) groups is 2. The van der Waals surface area contributed by atoms with E-state index in [0.717, 1.165) is 25.9 Å². The standard InChI is InChI=1S/C13H20N4O3/c1-2-13(3-4-14-8-13)12(20)15-5-6-17-7-10(11(18)19)16-9-17/h7,9,14H,2-6,8H2,1H3,(H,15,20)(H,18,19). The highest BCUT2D eigenvalue weighted by molar-refractivity contribution is 5.85. The number of carbonyl (C=O) groups excluding carboxylic acids is 1. The summed E-state index contributed by atoms with van der Waals surface area (Å²) in [7, 11) is 0. The van der Waals surface area contributed by atoms with Crippen LogP contribution in [0.15, 0.2) is 12.5 Å². The Morgan fingerprint density at radius 2 is 2.40 bits per heavy atom. The average molecular weight is 280 g/mol. The first-order valence-corrected chi connectivity index (χ1v) is 6.81. The van der Waals surface area contributed by atoms with E-state index in [1.807, 2.05) is 6.92 Å². The van der Waals surface area contributed by atoms with Crippen LogP contribution in [0.1, 0.15) is 30.3 Å². The summed E-state index contributed by atoms with van der Waals surface area (Å²) in [5, 5.41) is 14.9. The second-order valence-corrected chi connectivity index (χ2v) is 5.12. The van der Waals surface area contributed by atoms with Crippen molar-refractivity contribution in [2.24, 2.45) is 5.41 Å². The van der Waals surface area contributed by atoms with Crippen molar-refractivity contribution in [3.8, 4) is 0 Å². The fourth-order valence-corrected chi connectivity index (χ4v) is 2.48. The van der Waals surface area contributed by atoms with Crippen molar-refractivity contribution < 1.29 is 14.7 Å². The van der Waals surface area contributed by atoms with Crippen molar-refractivity contribution in [1.82, 2.24) is 20.2 Å². The van der Waals surface area contributed by atoms with E-state index in [1.165, 1.54) is 12.5 Å². The zero-order chi connectivity index (χ0) is 14.6. The van der Waals surface area contributed by atoms with E-state index in [4.69, 9.17) is 5.11 Å². The highest BCUT2D eigenvalue weighted by atomic mass is 16.4. The number of hydrogen-bond donors (Lipinski definition) is 3. The van der Waals surface area contributed by atoms with Gasteiger partial charge in [0.25, 0.3) is 0 Å². The summed E-state index contributed by atoms with van der Waals surface area (Å²) in [5.41, 5.74) is -0.275. The predicted molar refractivity (Wildman–Crippen MR) is 72.4 cm³/mol. The van der Waals surface area contributed by atoms with Gasteiger partial charge in [0, 0.05) is 25.8 Å². The lowest BCUT2D eigenvalue weighted by Gasteiger charge is -2.25.